The molecule has 37 heavy (non-hydrogen) atoms. The lowest BCUT2D eigenvalue weighted by Gasteiger charge is -2.08. The Bertz CT molecular complexity index is 1900. The molecule has 0 aliphatic carbocycles. The van der Waals surface area contributed by atoms with Gasteiger partial charge in [0.05, 0.1) is 11.2 Å². The second kappa shape index (κ2) is 8.95. The predicted molar refractivity (Wildman–Crippen MR) is 158 cm³/mol. The monoisotopic (exact) mass is 492 g/mol. The van der Waals surface area contributed by atoms with Crippen LogP contribution in [0.1, 0.15) is 12.5 Å². The summed E-state index contributed by atoms with van der Waals surface area (Å²) >= 11 is 1.84. The van der Waals surface area contributed by atoms with E-state index < -0.39 is 0 Å². The van der Waals surface area contributed by atoms with E-state index >= 15 is 0 Å². The molecule has 3 heterocycles. The van der Waals surface area contributed by atoms with E-state index in [-0.39, 0.29) is 0 Å². The van der Waals surface area contributed by atoms with Crippen LogP contribution in [0.25, 0.3) is 64.6 Å². The molecule has 0 bridgehead atoms. The van der Waals surface area contributed by atoms with E-state index in [1.807, 2.05) is 23.7 Å². The highest BCUT2D eigenvalue weighted by atomic mass is 32.1. The van der Waals surface area contributed by atoms with Crippen LogP contribution in [0, 0.1) is 0 Å². The fourth-order valence-electron chi connectivity index (χ4n) is 5.01. The van der Waals surface area contributed by atoms with Gasteiger partial charge in [0.1, 0.15) is 0 Å². The second-order valence-electron chi connectivity index (χ2n) is 9.42. The summed E-state index contributed by atoms with van der Waals surface area (Å²) in [5.74, 6) is 0. The zero-order valence-electron chi connectivity index (χ0n) is 20.5. The van der Waals surface area contributed by atoms with Crippen molar-refractivity contribution in [3.05, 3.63) is 121 Å². The number of pyridine rings is 2. The molecule has 0 aliphatic heterocycles. The van der Waals surface area contributed by atoms with Gasteiger partial charge in [-0.05, 0) is 59.5 Å². The van der Waals surface area contributed by atoms with Crippen LogP contribution in [0.3, 0.4) is 0 Å². The molecule has 0 aliphatic rings. The molecule has 3 heteroatoms. The van der Waals surface area contributed by atoms with Crippen LogP contribution in [-0.2, 0) is 6.42 Å². The molecule has 0 unspecified atom stereocenters. The Kier molecular flexibility index (Phi) is 5.30. The standard InChI is InChI=1S/C34H24N2S/c1-2-22-7-9-23(10-8-22)24-11-12-25-17-28(21-36-32(25)19-24)27-13-15-31(35-20-27)26-14-16-34-30(18-26)29-5-3-4-6-33(29)37-34/h3-21H,2H2,1H3. The highest BCUT2D eigenvalue weighted by Gasteiger charge is 2.09. The summed E-state index contributed by atoms with van der Waals surface area (Å²) in [6.45, 7) is 2.18. The number of fused-ring (bicyclic) bond motifs is 4. The molecule has 0 saturated heterocycles. The maximum absolute atomic E-state index is 4.82. The average Bonchev–Trinajstić information content (AvgIpc) is 3.35. The molecule has 7 aromatic rings. The first kappa shape index (κ1) is 21.9. The molecular weight excluding hydrogens is 468 g/mol. The van der Waals surface area contributed by atoms with Crippen molar-refractivity contribution in [1.82, 2.24) is 9.97 Å². The van der Waals surface area contributed by atoms with Crippen molar-refractivity contribution in [2.45, 2.75) is 13.3 Å². The molecule has 7 rings (SSSR count). The van der Waals surface area contributed by atoms with Gasteiger partial charge in [0.2, 0.25) is 0 Å². The molecule has 0 saturated carbocycles. The van der Waals surface area contributed by atoms with E-state index in [0.29, 0.717) is 0 Å². The van der Waals surface area contributed by atoms with E-state index in [0.717, 1.165) is 39.7 Å². The molecule has 0 spiro atoms. The van der Waals surface area contributed by atoms with Crippen LogP contribution in [-0.4, -0.2) is 9.97 Å². The van der Waals surface area contributed by atoms with E-state index in [9.17, 15) is 0 Å². The van der Waals surface area contributed by atoms with Crippen molar-refractivity contribution in [3.8, 4) is 33.5 Å². The minimum atomic E-state index is 0.980. The quantitative estimate of drug-likeness (QED) is 0.244. The summed E-state index contributed by atoms with van der Waals surface area (Å²) in [6, 6.07) is 37.0. The number of aromatic nitrogens is 2. The molecule has 0 amide bonds. The SMILES string of the molecule is CCc1ccc(-c2ccc3cc(-c4ccc(-c5ccc6sc7ccccc7c6c5)nc4)cnc3c2)cc1. The van der Waals surface area contributed by atoms with Crippen LogP contribution in [0.2, 0.25) is 0 Å². The third-order valence-corrected chi connectivity index (χ3v) is 8.30. The van der Waals surface area contributed by atoms with Gasteiger partial charge >= 0.3 is 0 Å². The largest absolute Gasteiger partial charge is 0.256 e. The van der Waals surface area contributed by atoms with E-state index in [1.54, 1.807) is 0 Å². The molecule has 3 aromatic heterocycles. The van der Waals surface area contributed by atoms with Crippen LogP contribution in [0.4, 0.5) is 0 Å². The number of benzene rings is 4. The highest BCUT2D eigenvalue weighted by Crippen LogP contribution is 2.36. The second-order valence-corrected chi connectivity index (χ2v) is 10.5. The Balaban J connectivity index is 1.19. The zero-order chi connectivity index (χ0) is 24.8. The Morgan fingerprint density at radius 2 is 1.32 bits per heavy atom. The number of rotatable bonds is 4. The van der Waals surface area contributed by atoms with Gasteiger partial charge in [0.25, 0.3) is 0 Å². The van der Waals surface area contributed by atoms with Crippen molar-refractivity contribution in [3.63, 3.8) is 0 Å². The molecule has 176 valence electrons. The van der Waals surface area contributed by atoms with Gasteiger partial charge in [-0.2, -0.15) is 0 Å². The van der Waals surface area contributed by atoms with Gasteiger partial charge in [-0.3, -0.25) is 9.97 Å². The third kappa shape index (κ3) is 3.98. The molecular formula is C34H24N2S. The number of hydrogen-bond acceptors (Lipinski definition) is 3. The van der Waals surface area contributed by atoms with Gasteiger partial charge in [-0.25, -0.2) is 0 Å². The summed E-state index contributed by atoms with van der Waals surface area (Å²) < 4.78 is 2.63. The average molecular weight is 493 g/mol. The molecule has 0 N–H and O–H groups in total. The van der Waals surface area contributed by atoms with E-state index in [1.165, 1.54) is 36.9 Å². The summed E-state index contributed by atoms with van der Waals surface area (Å²) in [5.41, 5.74) is 9.03. The summed E-state index contributed by atoms with van der Waals surface area (Å²) in [7, 11) is 0. The fraction of sp³-hybridized carbons (Fsp3) is 0.0588. The minimum absolute atomic E-state index is 0.980. The van der Waals surface area contributed by atoms with Crippen molar-refractivity contribution in [2.75, 3.05) is 0 Å². The Hall–Kier alpha value is -4.34. The van der Waals surface area contributed by atoms with E-state index in [4.69, 9.17) is 9.97 Å². The molecule has 4 aromatic carbocycles. The Morgan fingerprint density at radius 1 is 0.568 bits per heavy atom. The fourth-order valence-corrected chi connectivity index (χ4v) is 6.10. The Labute approximate surface area is 219 Å². The lowest BCUT2D eigenvalue weighted by Crippen LogP contribution is -1.88. The maximum Gasteiger partial charge on any atom is 0.0708 e. The van der Waals surface area contributed by atoms with Crippen molar-refractivity contribution >= 4 is 42.4 Å². The van der Waals surface area contributed by atoms with Crippen LogP contribution < -0.4 is 0 Å². The number of thiophene rings is 1. The highest BCUT2D eigenvalue weighted by molar-refractivity contribution is 7.25. The first-order valence-electron chi connectivity index (χ1n) is 12.6. The van der Waals surface area contributed by atoms with Crippen molar-refractivity contribution < 1.29 is 0 Å². The number of nitrogens with zero attached hydrogens (tertiary/aromatic N) is 2. The molecule has 2 nitrogen and oxygen atoms in total. The Morgan fingerprint density at radius 3 is 2.16 bits per heavy atom. The topological polar surface area (TPSA) is 25.8 Å². The molecule has 0 atom stereocenters. The summed E-state index contributed by atoms with van der Waals surface area (Å²) in [4.78, 5) is 9.61. The maximum atomic E-state index is 4.82. The molecule has 0 fully saturated rings. The van der Waals surface area contributed by atoms with Gasteiger partial charge in [0.15, 0.2) is 0 Å². The summed E-state index contributed by atoms with van der Waals surface area (Å²) in [5, 5.41) is 3.73. The normalized spacial score (nSPS) is 11.5. The van der Waals surface area contributed by atoms with Crippen LogP contribution in [0.15, 0.2) is 116 Å². The van der Waals surface area contributed by atoms with Crippen LogP contribution in [0.5, 0.6) is 0 Å². The van der Waals surface area contributed by atoms with Crippen LogP contribution >= 0.6 is 11.3 Å². The van der Waals surface area contributed by atoms with Gasteiger partial charge < -0.3 is 0 Å². The van der Waals surface area contributed by atoms with Gasteiger partial charge in [0, 0.05) is 54.6 Å². The third-order valence-electron chi connectivity index (χ3n) is 7.15. The van der Waals surface area contributed by atoms with Gasteiger partial charge in [-0.1, -0.05) is 73.7 Å². The minimum Gasteiger partial charge on any atom is -0.256 e. The zero-order valence-corrected chi connectivity index (χ0v) is 21.3. The lowest BCUT2D eigenvalue weighted by atomic mass is 10.0. The van der Waals surface area contributed by atoms with E-state index in [2.05, 4.69) is 110 Å². The van der Waals surface area contributed by atoms with Crippen molar-refractivity contribution in [1.29, 1.82) is 0 Å². The summed E-state index contributed by atoms with van der Waals surface area (Å²) in [6.07, 6.45) is 4.96. The van der Waals surface area contributed by atoms with Gasteiger partial charge in [-0.15, -0.1) is 11.3 Å². The molecule has 0 radical (unpaired) electrons. The first-order valence-corrected chi connectivity index (χ1v) is 13.4. The smallest absolute Gasteiger partial charge is 0.0708 e. The lowest BCUT2D eigenvalue weighted by molar-refractivity contribution is 1.14. The van der Waals surface area contributed by atoms with Crippen molar-refractivity contribution in [2.24, 2.45) is 0 Å². The number of aryl methyl sites for hydroxylation is 1. The number of hydrogen-bond donors (Lipinski definition) is 0. The first-order chi connectivity index (χ1) is 18.2. The predicted octanol–water partition coefficient (Wildman–Crippen LogP) is 9.56.